The summed E-state index contributed by atoms with van der Waals surface area (Å²) in [6, 6.07) is 127. The molecule has 0 fully saturated rings. The lowest BCUT2D eigenvalue weighted by molar-refractivity contribution is 1.07. The van der Waals surface area contributed by atoms with Gasteiger partial charge in [-0.05, 0) is 147 Å². The summed E-state index contributed by atoms with van der Waals surface area (Å²) in [6.45, 7) is 0.0714. The third-order valence-electron chi connectivity index (χ3n) is 19.7. The van der Waals surface area contributed by atoms with Crippen LogP contribution in [0, 0.1) is 0 Å². The van der Waals surface area contributed by atoms with E-state index in [0.717, 1.165) is 117 Å². The zero-order valence-electron chi connectivity index (χ0n) is 54.2. The summed E-state index contributed by atoms with van der Waals surface area (Å²) in [5.74, 6) is 2.23. The molecule has 2 aliphatic rings. The van der Waals surface area contributed by atoms with Gasteiger partial charge in [0.2, 0.25) is 0 Å². The molecule has 0 unspecified atom stereocenters. The van der Waals surface area contributed by atoms with E-state index in [1.165, 1.54) is 39.1 Å². The summed E-state index contributed by atoms with van der Waals surface area (Å²) in [5, 5.41) is 2.26. The van der Waals surface area contributed by atoms with Gasteiger partial charge in [0, 0.05) is 78.3 Å². The van der Waals surface area contributed by atoms with Gasteiger partial charge >= 0.3 is 0 Å². The second-order valence-electron chi connectivity index (χ2n) is 25.5. The van der Waals surface area contributed by atoms with Crippen LogP contribution in [0.5, 0.6) is 0 Å². The van der Waals surface area contributed by atoms with Crippen molar-refractivity contribution in [2.24, 2.45) is 0 Å². The topological polar surface area (TPSA) is 75.9 Å². The molecule has 0 radical (unpaired) electrons. The number of anilines is 6. The zero-order valence-corrected chi connectivity index (χ0v) is 54.2. The Balaban J connectivity index is 0.753. The van der Waals surface area contributed by atoms with E-state index in [1.807, 2.05) is 66.7 Å². The minimum Gasteiger partial charge on any atom is -0.311 e. The van der Waals surface area contributed by atoms with Crippen molar-refractivity contribution in [3.05, 3.63) is 358 Å². The Labute approximate surface area is 579 Å². The monoisotopic (exact) mass is 1270 g/mol. The first-order valence-electron chi connectivity index (χ1n) is 33.9. The standard InChI is InChI=1S/C91H59BN8/c1-7-24-60(25-8-1)68-48-53-80-73(56-68)74-57-69(61-26-9-2-10-27-61)49-54-81(74)100(80)82-55-50-70(90-96-88(66-30-13-4-14-31-66)95-89(97-90)67-32-15-5-16-33-67)58-75(82)91-93-78(64-28-11-3-12-29-64)59-79(94-91)65-44-42-62(43-45-65)63-46-51-72(52-47-63)99-84-39-22-20-37-77(84)92-76-36-19-21-38-83(76)98(71-34-17-6-18-35-71)85-40-23-41-86(99)87(85)92/h1-59H. The van der Waals surface area contributed by atoms with Crippen molar-refractivity contribution in [3.8, 4) is 107 Å². The van der Waals surface area contributed by atoms with Crippen LogP contribution < -0.4 is 26.2 Å². The summed E-state index contributed by atoms with van der Waals surface area (Å²) in [6.07, 6.45) is 0. The van der Waals surface area contributed by atoms with E-state index < -0.39 is 0 Å². The Morgan fingerprint density at radius 3 is 1.08 bits per heavy atom. The SMILES string of the molecule is c1ccc(-c2ccc3c(c2)c2cc(-c4ccccc4)ccc2n3-c2ccc(-c3nc(-c4ccccc4)nc(-c4ccccc4)n3)cc2-c2nc(-c3ccccc3)cc(-c3ccc(-c4ccc(N5c6ccccc6B6c7ccccc7N(c7ccccc7)c7cccc5c76)cc4)cc3)n2)cc1. The summed E-state index contributed by atoms with van der Waals surface area (Å²) in [5.41, 5.74) is 27.5. The minimum absolute atomic E-state index is 0.0714. The largest absolute Gasteiger partial charge is 0.311 e. The Kier molecular flexibility index (Phi) is 14.1. The van der Waals surface area contributed by atoms with Crippen molar-refractivity contribution in [1.82, 2.24) is 29.5 Å². The first-order chi connectivity index (χ1) is 49.6. The molecule has 0 aliphatic carbocycles. The minimum atomic E-state index is 0.0714. The predicted octanol–water partition coefficient (Wildman–Crippen LogP) is 20.8. The molecule has 0 N–H and O–H groups in total. The maximum atomic E-state index is 5.68. The van der Waals surface area contributed by atoms with Crippen LogP contribution in [0.15, 0.2) is 358 Å². The highest BCUT2D eigenvalue weighted by Crippen LogP contribution is 2.46. The zero-order chi connectivity index (χ0) is 66.0. The van der Waals surface area contributed by atoms with Crippen LogP contribution in [0.25, 0.3) is 129 Å². The fraction of sp³-hybridized carbons (Fsp3) is 0. The lowest BCUT2D eigenvalue weighted by Crippen LogP contribution is -2.61. The van der Waals surface area contributed by atoms with Gasteiger partial charge in [-0.15, -0.1) is 0 Å². The number of aromatic nitrogens is 6. The maximum Gasteiger partial charge on any atom is 0.252 e. The van der Waals surface area contributed by atoms with E-state index >= 15 is 0 Å². The maximum absolute atomic E-state index is 5.68. The van der Waals surface area contributed by atoms with Crippen molar-refractivity contribution < 1.29 is 0 Å². The van der Waals surface area contributed by atoms with Crippen LogP contribution in [0.3, 0.4) is 0 Å². The normalized spacial score (nSPS) is 12.1. The number of benzene rings is 14. The number of hydrogen-bond donors (Lipinski definition) is 0. The van der Waals surface area contributed by atoms with E-state index in [9.17, 15) is 0 Å². The molecule has 3 aromatic heterocycles. The van der Waals surface area contributed by atoms with E-state index in [1.54, 1.807) is 0 Å². The first-order valence-corrected chi connectivity index (χ1v) is 33.9. The third kappa shape index (κ3) is 10.1. The average Bonchev–Trinajstić information content (AvgIpc) is 0.941. The van der Waals surface area contributed by atoms with Gasteiger partial charge in [-0.3, -0.25) is 0 Å². The van der Waals surface area contributed by atoms with Gasteiger partial charge in [-0.1, -0.05) is 261 Å². The molecule has 17 aromatic rings. The number of fused-ring (bicyclic) bond motifs is 7. The second-order valence-corrected chi connectivity index (χ2v) is 25.5. The Morgan fingerprint density at radius 2 is 0.580 bits per heavy atom. The first kappa shape index (κ1) is 58.0. The molecule has 0 saturated heterocycles. The lowest BCUT2D eigenvalue weighted by Gasteiger charge is -2.44. The van der Waals surface area contributed by atoms with Crippen molar-refractivity contribution in [1.29, 1.82) is 0 Å². The molecular formula is C91H59BN8. The molecule has 0 bridgehead atoms. The number of nitrogens with zero attached hydrogens (tertiary/aromatic N) is 8. The Bertz CT molecular complexity index is 5800. The molecule has 19 rings (SSSR count). The molecule has 8 nitrogen and oxygen atoms in total. The van der Waals surface area contributed by atoms with Crippen molar-refractivity contribution in [2.45, 2.75) is 0 Å². The van der Waals surface area contributed by atoms with Crippen LogP contribution in [-0.4, -0.2) is 36.2 Å². The van der Waals surface area contributed by atoms with Crippen molar-refractivity contribution >= 4 is 79.0 Å². The Hall–Kier alpha value is -13.4. The second kappa shape index (κ2) is 24.4. The van der Waals surface area contributed by atoms with E-state index in [0.29, 0.717) is 23.3 Å². The van der Waals surface area contributed by atoms with E-state index in [2.05, 4.69) is 306 Å². The van der Waals surface area contributed by atoms with Crippen LogP contribution in [0.4, 0.5) is 34.1 Å². The van der Waals surface area contributed by atoms with Gasteiger partial charge < -0.3 is 14.4 Å². The summed E-state index contributed by atoms with van der Waals surface area (Å²) in [4.78, 5) is 31.8. The van der Waals surface area contributed by atoms with Crippen LogP contribution in [0.2, 0.25) is 0 Å². The van der Waals surface area contributed by atoms with Crippen LogP contribution in [0.1, 0.15) is 0 Å². The molecule has 2 aliphatic heterocycles. The summed E-state index contributed by atoms with van der Waals surface area (Å²) in [7, 11) is 0. The molecule has 100 heavy (non-hydrogen) atoms. The van der Waals surface area contributed by atoms with Crippen LogP contribution >= 0.6 is 0 Å². The van der Waals surface area contributed by atoms with Crippen LogP contribution in [-0.2, 0) is 0 Å². The predicted molar refractivity (Wildman–Crippen MR) is 413 cm³/mol. The molecular weight excluding hydrogens is 1220 g/mol. The van der Waals surface area contributed by atoms with E-state index in [4.69, 9.17) is 24.9 Å². The lowest BCUT2D eigenvalue weighted by atomic mass is 9.33. The van der Waals surface area contributed by atoms with Gasteiger partial charge in [0.1, 0.15) is 0 Å². The van der Waals surface area contributed by atoms with Gasteiger partial charge in [0.25, 0.3) is 6.71 Å². The highest BCUT2D eigenvalue weighted by Gasteiger charge is 2.43. The molecule has 466 valence electrons. The molecule has 0 saturated carbocycles. The number of rotatable bonds is 12. The summed E-state index contributed by atoms with van der Waals surface area (Å²) >= 11 is 0. The molecule has 5 heterocycles. The molecule has 9 heteroatoms. The Morgan fingerprint density at radius 1 is 0.220 bits per heavy atom. The van der Waals surface area contributed by atoms with Crippen molar-refractivity contribution in [3.63, 3.8) is 0 Å². The summed E-state index contributed by atoms with van der Waals surface area (Å²) < 4.78 is 2.39. The van der Waals surface area contributed by atoms with Crippen molar-refractivity contribution in [2.75, 3.05) is 9.80 Å². The van der Waals surface area contributed by atoms with Gasteiger partial charge in [0.15, 0.2) is 23.3 Å². The smallest absolute Gasteiger partial charge is 0.252 e. The number of hydrogen-bond acceptors (Lipinski definition) is 7. The van der Waals surface area contributed by atoms with E-state index in [-0.39, 0.29) is 6.71 Å². The number of para-hydroxylation sites is 3. The molecule has 14 aromatic carbocycles. The molecule has 0 amide bonds. The fourth-order valence-corrected chi connectivity index (χ4v) is 15.0. The molecule has 0 atom stereocenters. The van der Waals surface area contributed by atoms with Gasteiger partial charge in [0.05, 0.1) is 28.1 Å². The highest BCUT2D eigenvalue weighted by atomic mass is 15.2. The fourth-order valence-electron chi connectivity index (χ4n) is 15.0. The van der Waals surface area contributed by atoms with Gasteiger partial charge in [-0.25, -0.2) is 24.9 Å². The third-order valence-corrected chi connectivity index (χ3v) is 19.7. The quantitative estimate of drug-likeness (QED) is 0.113. The average molecular weight is 1280 g/mol. The molecule has 0 spiro atoms. The highest BCUT2D eigenvalue weighted by molar-refractivity contribution is 7.00. The van der Waals surface area contributed by atoms with Gasteiger partial charge in [-0.2, -0.15) is 0 Å².